The Balaban J connectivity index is 1.95. The molecule has 2 aromatic heterocycles. The van der Waals surface area contributed by atoms with Crippen molar-refractivity contribution in [1.82, 2.24) is 9.97 Å². The second-order valence-corrected chi connectivity index (χ2v) is 8.00. The summed E-state index contributed by atoms with van der Waals surface area (Å²) in [5, 5.41) is 23.0. The monoisotopic (exact) mass is 469 g/mol. The molecule has 0 spiro atoms. The van der Waals surface area contributed by atoms with Gasteiger partial charge in [-0.2, -0.15) is 0 Å². The van der Waals surface area contributed by atoms with Crippen molar-refractivity contribution in [3.63, 3.8) is 0 Å². The maximum absolute atomic E-state index is 12.9. The third-order valence-corrected chi connectivity index (χ3v) is 6.09. The fourth-order valence-corrected chi connectivity index (χ4v) is 4.65. The molecule has 0 aliphatic carbocycles. The number of para-hydroxylation sites is 2. The van der Waals surface area contributed by atoms with Crippen LogP contribution in [0.4, 0.5) is 5.69 Å². The number of H-pyrrole nitrogens is 2. The van der Waals surface area contributed by atoms with Crippen LogP contribution in [0.2, 0.25) is 0 Å². The van der Waals surface area contributed by atoms with E-state index >= 15 is 0 Å². The van der Waals surface area contributed by atoms with Crippen molar-refractivity contribution in [2.24, 2.45) is 0 Å². The van der Waals surface area contributed by atoms with E-state index in [2.05, 4.69) is 9.97 Å². The van der Waals surface area contributed by atoms with Crippen LogP contribution in [0.15, 0.2) is 72.8 Å². The van der Waals surface area contributed by atoms with Gasteiger partial charge in [0.1, 0.15) is 11.4 Å². The van der Waals surface area contributed by atoms with Gasteiger partial charge in [0.15, 0.2) is 0 Å². The molecular formula is C26H19N3O6. The summed E-state index contributed by atoms with van der Waals surface area (Å²) in [6.45, 7) is 0. The number of rotatable bonds is 6. The molecule has 0 saturated heterocycles. The summed E-state index contributed by atoms with van der Waals surface area (Å²) in [7, 11) is 1.26. The first-order valence-electron chi connectivity index (χ1n) is 10.7. The number of fused-ring (bicyclic) bond motifs is 2. The second-order valence-electron chi connectivity index (χ2n) is 8.00. The summed E-state index contributed by atoms with van der Waals surface area (Å²) in [4.78, 5) is 42.4. The molecule has 5 rings (SSSR count). The van der Waals surface area contributed by atoms with Gasteiger partial charge in [0.25, 0.3) is 5.69 Å². The van der Waals surface area contributed by atoms with E-state index in [1.165, 1.54) is 19.2 Å². The standard InChI is InChI=1S/C26H19N3O6/c1-35-26(32)24-22(17-10-3-5-12-19(17)28-24)20(14-7-6-8-15(13-14)29(33)34)21-16-9-2-4-11-18(16)27-23(21)25(30)31/h2-13,20,27-28H,1H3,(H,30,31). The number of carbonyl (C=O) groups is 2. The minimum atomic E-state index is -1.19. The van der Waals surface area contributed by atoms with Crippen molar-refractivity contribution in [3.05, 3.63) is 111 Å². The van der Waals surface area contributed by atoms with E-state index in [0.717, 1.165) is 0 Å². The number of carbonyl (C=O) groups excluding carboxylic acids is 1. The lowest BCUT2D eigenvalue weighted by Crippen LogP contribution is -2.14. The fourth-order valence-electron chi connectivity index (χ4n) is 4.65. The first-order chi connectivity index (χ1) is 16.9. The highest BCUT2D eigenvalue weighted by Crippen LogP contribution is 2.43. The summed E-state index contributed by atoms with van der Waals surface area (Å²) in [6.07, 6.45) is 0. The van der Waals surface area contributed by atoms with E-state index in [-0.39, 0.29) is 17.1 Å². The van der Waals surface area contributed by atoms with Gasteiger partial charge in [-0.1, -0.05) is 48.5 Å². The summed E-state index contributed by atoms with van der Waals surface area (Å²) < 4.78 is 5.03. The lowest BCUT2D eigenvalue weighted by Gasteiger charge is -2.20. The zero-order chi connectivity index (χ0) is 24.7. The van der Waals surface area contributed by atoms with Gasteiger partial charge in [0, 0.05) is 51.0 Å². The third kappa shape index (κ3) is 3.59. The number of carboxylic acid groups (broad SMARTS) is 1. The van der Waals surface area contributed by atoms with Crippen LogP contribution in [0.3, 0.4) is 0 Å². The molecule has 1 unspecified atom stereocenters. The first-order valence-corrected chi connectivity index (χ1v) is 10.7. The average Bonchev–Trinajstić information content (AvgIpc) is 3.44. The average molecular weight is 469 g/mol. The lowest BCUT2D eigenvalue weighted by molar-refractivity contribution is -0.384. The molecule has 0 bridgehead atoms. The van der Waals surface area contributed by atoms with E-state index in [9.17, 15) is 24.8 Å². The van der Waals surface area contributed by atoms with E-state index in [0.29, 0.717) is 38.5 Å². The second kappa shape index (κ2) is 8.45. The molecule has 0 radical (unpaired) electrons. The largest absolute Gasteiger partial charge is 0.477 e. The van der Waals surface area contributed by atoms with Gasteiger partial charge < -0.3 is 19.8 Å². The Morgan fingerprint density at radius 1 is 0.886 bits per heavy atom. The van der Waals surface area contributed by atoms with Crippen LogP contribution in [0.5, 0.6) is 0 Å². The number of esters is 1. The highest BCUT2D eigenvalue weighted by Gasteiger charge is 2.33. The molecule has 1 atom stereocenters. The number of methoxy groups -OCH3 is 1. The molecule has 35 heavy (non-hydrogen) atoms. The Labute approximate surface area is 198 Å². The number of nitro benzene ring substituents is 1. The quantitative estimate of drug-likeness (QED) is 0.177. The molecule has 5 aromatic rings. The normalized spacial score (nSPS) is 12.0. The van der Waals surface area contributed by atoms with Crippen LogP contribution in [0.1, 0.15) is 43.6 Å². The minimum Gasteiger partial charge on any atom is -0.477 e. The Kier molecular flexibility index (Phi) is 5.29. The number of hydrogen-bond acceptors (Lipinski definition) is 5. The lowest BCUT2D eigenvalue weighted by atomic mass is 9.81. The fraction of sp³-hybridized carbons (Fsp3) is 0.0769. The van der Waals surface area contributed by atoms with Crippen LogP contribution in [0, 0.1) is 10.1 Å². The number of nitro groups is 1. The number of carboxylic acids is 1. The summed E-state index contributed by atoms with van der Waals surface area (Å²) in [5.41, 5.74) is 2.49. The van der Waals surface area contributed by atoms with Gasteiger partial charge in [-0.25, -0.2) is 9.59 Å². The summed E-state index contributed by atoms with van der Waals surface area (Å²) in [5.74, 6) is -2.67. The molecule has 2 heterocycles. The smallest absolute Gasteiger partial charge is 0.354 e. The highest BCUT2D eigenvalue weighted by atomic mass is 16.6. The summed E-state index contributed by atoms with van der Waals surface area (Å²) >= 11 is 0. The molecule has 0 aliphatic rings. The van der Waals surface area contributed by atoms with Crippen LogP contribution in [0.25, 0.3) is 21.8 Å². The van der Waals surface area contributed by atoms with Gasteiger partial charge in [-0.3, -0.25) is 10.1 Å². The van der Waals surface area contributed by atoms with Crippen LogP contribution in [-0.2, 0) is 4.74 Å². The number of hydrogen-bond donors (Lipinski definition) is 3. The zero-order valence-corrected chi connectivity index (χ0v) is 18.4. The number of aromatic amines is 2. The van der Waals surface area contributed by atoms with Crippen LogP contribution >= 0.6 is 0 Å². The number of non-ortho nitro benzene ring substituents is 1. The van der Waals surface area contributed by atoms with Crippen molar-refractivity contribution < 1.29 is 24.4 Å². The Bertz CT molecular complexity index is 1630. The number of aromatic carboxylic acids is 1. The SMILES string of the molecule is COC(=O)c1[nH]c2ccccc2c1C(c1cccc([N+](=O)[O-])c1)c1c(C(=O)O)[nH]c2ccccc12. The number of nitrogens with zero attached hydrogens (tertiary/aromatic N) is 1. The molecule has 0 amide bonds. The molecule has 9 heteroatoms. The van der Waals surface area contributed by atoms with E-state index in [4.69, 9.17) is 4.74 Å². The number of aromatic nitrogens is 2. The molecule has 0 aliphatic heterocycles. The first kappa shape index (κ1) is 21.9. The van der Waals surface area contributed by atoms with Crippen molar-refractivity contribution in [1.29, 1.82) is 0 Å². The van der Waals surface area contributed by atoms with Crippen molar-refractivity contribution in [2.45, 2.75) is 5.92 Å². The van der Waals surface area contributed by atoms with E-state index < -0.39 is 22.8 Å². The maximum Gasteiger partial charge on any atom is 0.354 e. The Hall–Kier alpha value is -4.92. The molecule has 0 fully saturated rings. The van der Waals surface area contributed by atoms with Gasteiger partial charge in [-0.15, -0.1) is 0 Å². The zero-order valence-electron chi connectivity index (χ0n) is 18.4. The van der Waals surface area contributed by atoms with Gasteiger partial charge in [-0.05, 0) is 17.7 Å². The predicted molar refractivity (Wildman–Crippen MR) is 129 cm³/mol. The number of nitrogens with one attached hydrogen (secondary N) is 2. The van der Waals surface area contributed by atoms with E-state index in [1.807, 2.05) is 6.07 Å². The van der Waals surface area contributed by atoms with Crippen LogP contribution < -0.4 is 0 Å². The predicted octanol–water partition coefficient (Wildman–Crippen LogP) is 5.22. The van der Waals surface area contributed by atoms with Crippen molar-refractivity contribution in [2.75, 3.05) is 7.11 Å². The number of ether oxygens (including phenoxy) is 1. The van der Waals surface area contributed by atoms with Crippen molar-refractivity contribution in [3.8, 4) is 0 Å². The van der Waals surface area contributed by atoms with Gasteiger partial charge >= 0.3 is 11.9 Å². The Morgan fingerprint density at radius 3 is 2.03 bits per heavy atom. The highest BCUT2D eigenvalue weighted by molar-refractivity contribution is 6.03. The van der Waals surface area contributed by atoms with Gasteiger partial charge in [0.05, 0.1) is 12.0 Å². The molecule has 3 aromatic carbocycles. The Morgan fingerprint density at radius 2 is 1.46 bits per heavy atom. The molecule has 3 N–H and O–H groups in total. The summed E-state index contributed by atoms with van der Waals surface area (Å²) in [6, 6.07) is 20.3. The van der Waals surface area contributed by atoms with Crippen molar-refractivity contribution >= 4 is 39.4 Å². The third-order valence-electron chi connectivity index (χ3n) is 6.09. The molecule has 9 nitrogen and oxygen atoms in total. The van der Waals surface area contributed by atoms with Gasteiger partial charge in [0.2, 0.25) is 0 Å². The molecule has 0 saturated carbocycles. The molecule has 174 valence electrons. The van der Waals surface area contributed by atoms with E-state index in [1.54, 1.807) is 54.6 Å². The number of benzene rings is 3. The topological polar surface area (TPSA) is 138 Å². The molecular weight excluding hydrogens is 450 g/mol. The van der Waals surface area contributed by atoms with Crippen LogP contribution in [-0.4, -0.2) is 39.0 Å². The maximum atomic E-state index is 12.9. The minimum absolute atomic E-state index is 0.0659.